The van der Waals surface area contributed by atoms with E-state index in [-0.39, 0.29) is 6.10 Å². The van der Waals surface area contributed by atoms with E-state index >= 15 is 0 Å². The van der Waals surface area contributed by atoms with E-state index in [4.69, 9.17) is 4.74 Å². The van der Waals surface area contributed by atoms with E-state index in [2.05, 4.69) is 6.08 Å². The number of hydrogen-bond donors (Lipinski definition) is 1. The first-order valence-corrected chi connectivity index (χ1v) is 7.27. The Morgan fingerprint density at radius 2 is 1.79 bits per heavy atom. The Labute approximate surface area is 116 Å². The fourth-order valence-electron chi connectivity index (χ4n) is 2.77. The van der Waals surface area contributed by atoms with Gasteiger partial charge in [0.25, 0.3) is 0 Å². The molecule has 2 unspecified atom stereocenters. The molecule has 0 aliphatic heterocycles. The molecule has 0 saturated heterocycles. The highest BCUT2D eigenvalue weighted by Gasteiger charge is 2.24. The van der Waals surface area contributed by atoms with Gasteiger partial charge in [0.15, 0.2) is 0 Å². The molecule has 2 heteroatoms. The van der Waals surface area contributed by atoms with Crippen LogP contribution in [0.25, 0.3) is 0 Å². The van der Waals surface area contributed by atoms with Crippen molar-refractivity contribution < 1.29 is 9.84 Å². The van der Waals surface area contributed by atoms with Gasteiger partial charge in [0, 0.05) is 7.11 Å². The van der Waals surface area contributed by atoms with Crippen LogP contribution in [-0.2, 0) is 4.74 Å². The quantitative estimate of drug-likeness (QED) is 0.829. The summed E-state index contributed by atoms with van der Waals surface area (Å²) in [6.45, 7) is 0. The average Bonchev–Trinajstić information content (AvgIpc) is 2.40. The van der Waals surface area contributed by atoms with Gasteiger partial charge in [0.1, 0.15) is 12.2 Å². The van der Waals surface area contributed by atoms with Crippen LogP contribution in [0.3, 0.4) is 0 Å². The molecule has 0 spiro atoms. The monoisotopic (exact) mass is 260 g/mol. The summed E-state index contributed by atoms with van der Waals surface area (Å²) in [6.07, 6.45) is 8.51. The van der Waals surface area contributed by atoms with E-state index in [1.54, 1.807) is 7.11 Å². The third kappa shape index (κ3) is 3.92. The minimum atomic E-state index is -0.523. The van der Waals surface area contributed by atoms with Gasteiger partial charge in [-0.1, -0.05) is 49.2 Å². The molecule has 1 aromatic rings. The maximum atomic E-state index is 10.6. The van der Waals surface area contributed by atoms with Crippen LogP contribution < -0.4 is 0 Å². The lowest BCUT2D eigenvalue weighted by atomic mass is 9.91. The third-order valence-electron chi connectivity index (χ3n) is 3.87. The van der Waals surface area contributed by atoms with Gasteiger partial charge in [-0.15, -0.1) is 0 Å². The Morgan fingerprint density at radius 3 is 2.53 bits per heavy atom. The van der Waals surface area contributed by atoms with Crippen LogP contribution in [0.15, 0.2) is 42.0 Å². The highest BCUT2D eigenvalue weighted by Crippen LogP contribution is 2.29. The van der Waals surface area contributed by atoms with E-state index in [1.807, 2.05) is 30.3 Å². The summed E-state index contributed by atoms with van der Waals surface area (Å²) in [6, 6.07) is 9.99. The molecule has 104 valence electrons. The van der Waals surface area contributed by atoms with Crippen LogP contribution in [0.2, 0.25) is 0 Å². The molecule has 19 heavy (non-hydrogen) atoms. The number of aliphatic hydroxyl groups excluding tert-OH is 1. The highest BCUT2D eigenvalue weighted by atomic mass is 16.5. The average molecular weight is 260 g/mol. The van der Waals surface area contributed by atoms with Crippen LogP contribution >= 0.6 is 0 Å². The van der Waals surface area contributed by atoms with Gasteiger partial charge < -0.3 is 9.84 Å². The van der Waals surface area contributed by atoms with Crippen LogP contribution in [0.5, 0.6) is 0 Å². The van der Waals surface area contributed by atoms with Crippen molar-refractivity contribution in [2.75, 3.05) is 7.11 Å². The lowest BCUT2D eigenvalue weighted by Gasteiger charge is -2.25. The third-order valence-corrected chi connectivity index (χ3v) is 3.87. The molecule has 0 amide bonds. The maximum Gasteiger partial charge on any atom is 0.112 e. The van der Waals surface area contributed by atoms with Crippen molar-refractivity contribution in [2.45, 2.75) is 50.7 Å². The maximum absolute atomic E-state index is 10.6. The first-order chi connectivity index (χ1) is 9.33. The summed E-state index contributed by atoms with van der Waals surface area (Å²) < 4.78 is 5.53. The standard InChI is InChI=1S/C17H24O2/c1-19-17(15-12-8-5-9-13-15)16(18)14-10-6-3-2-4-7-11-14/h5,8-10,12-13,16-18H,2-4,6-7,11H2,1H3/b14-10+. The molecule has 0 saturated carbocycles. The van der Waals surface area contributed by atoms with E-state index in [9.17, 15) is 5.11 Å². The van der Waals surface area contributed by atoms with Crippen LogP contribution in [-0.4, -0.2) is 18.3 Å². The Bertz CT molecular complexity index is 397. The largest absolute Gasteiger partial charge is 0.386 e. The number of ether oxygens (including phenoxy) is 1. The van der Waals surface area contributed by atoms with Gasteiger partial charge in [0.2, 0.25) is 0 Å². The summed E-state index contributed by atoms with van der Waals surface area (Å²) in [5.74, 6) is 0. The topological polar surface area (TPSA) is 29.5 Å². The second-order valence-electron chi connectivity index (χ2n) is 5.24. The Balaban J connectivity index is 2.13. The molecule has 0 aromatic heterocycles. The molecule has 2 nitrogen and oxygen atoms in total. The lowest BCUT2D eigenvalue weighted by molar-refractivity contribution is 0.00340. The number of allylic oxidation sites excluding steroid dienone is 1. The summed E-state index contributed by atoms with van der Waals surface area (Å²) in [7, 11) is 1.67. The Kier molecular flexibility index (Phi) is 5.62. The predicted molar refractivity (Wildman–Crippen MR) is 78.0 cm³/mol. The summed E-state index contributed by atoms with van der Waals surface area (Å²) in [5, 5.41) is 10.6. The molecule has 2 rings (SSSR count). The fraction of sp³-hybridized carbons (Fsp3) is 0.529. The Morgan fingerprint density at radius 1 is 1.05 bits per heavy atom. The number of aliphatic hydroxyl groups is 1. The van der Waals surface area contributed by atoms with Crippen LogP contribution in [0, 0.1) is 0 Å². The second-order valence-corrected chi connectivity index (χ2v) is 5.24. The molecular formula is C17H24O2. The molecule has 0 heterocycles. The van der Waals surface area contributed by atoms with E-state index in [0.717, 1.165) is 24.0 Å². The molecule has 0 bridgehead atoms. The number of hydrogen-bond acceptors (Lipinski definition) is 2. The number of benzene rings is 1. The van der Waals surface area contributed by atoms with Crippen LogP contribution in [0.4, 0.5) is 0 Å². The van der Waals surface area contributed by atoms with Crippen molar-refractivity contribution >= 4 is 0 Å². The fourth-order valence-corrected chi connectivity index (χ4v) is 2.77. The zero-order valence-electron chi connectivity index (χ0n) is 11.7. The van der Waals surface area contributed by atoms with Crippen molar-refractivity contribution in [3.05, 3.63) is 47.5 Å². The zero-order valence-corrected chi connectivity index (χ0v) is 11.7. The summed E-state index contributed by atoms with van der Waals surface area (Å²) in [4.78, 5) is 0. The van der Waals surface area contributed by atoms with Crippen molar-refractivity contribution in [1.82, 2.24) is 0 Å². The first-order valence-electron chi connectivity index (χ1n) is 7.27. The van der Waals surface area contributed by atoms with Crippen molar-refractivity contribution in [3.63, 3.8) is 0 Å². The van der Waals surface area contributed by atoms with E-state index in [0.29, 0.717) is 0 Å². The van der Waals surface area contributed by atoms with Gasteiger partial charge in [-0.05, 0) is 36.8 Å². The van der Waals surface area contributed by atoms with E-state index in [1.165, 1.54) is 25.7 Å². The summed E-state index contributed by atoms with van der Waals surface area (Å²) in [5.41, 5.74) is 2.19. The smallest absolute Gasteiger partial charge is 0.112 e. The van der Waals surface area contributed by atoms with Gasteiger partial charge in [-0.2, -0.15) is 0 Å². The molecule has 0 fully saturated rings. The van der Waals surface area contributed by atoms with E-state index < -0.39 is 6.10 Å². The second kappa shape index (κ2) is 7.46. The highest BCUT2D eigenvalue weighted by molar-refractivity contribution is 5.23. The molecule has 1 aromatic carbocycles. The molecule has 1 aliphatic rings. The summed E-state index contributed by atoms with van der Waals surface area (Å²) >= 11 is 0. The number of rotatable bonds is 4. The van der Waals surface area contributed by atoms with Crippen molar-refractivity contribution in [2.24, 2.45) is 0 Å². The molecule has 0 radical (unpaired) electrons. The first kappa shape index (κ1) is 14.3. The van der Waals surface area contributed by atoms with Gasteiger partial charge in [0.05, 0.1) is 0 Å². The van der Waals surface area contributed by atoms with Crippen molar-refractivity contribution in [1.29, 1.82) is 0 Å². The molecule has 1 aliphatic carbocycles. The van der Waals surface area contributed by atoms with Gasteiger partial charge >= 0.3 is 0 Å². The minimum Gasteiger partial charge on any atom is -0.386 e. The minimum absolute atomic E-state index is 0.258. The molecular weight excluding hydrogens is 236 g/mol. The zero-order chi connectivity index (χ0) is 13.5. The van der Waals surface area contributed by atoms with Crippen molar-refractivity contribution in [3.8, 4) is 0 Å². The lowest BCUT2D eigenvalue weighted by Crippen LogP contribution is -2.23. The van der Waals surface area contributed by atoms with Gasteiger partial charge in [-0.25, -0.2) is 0 Å². The normalized spacial score (nSPS) is 22.7. The number of methoxy groups -OCH3 is 1. The molecule has 2 atom stereocenters. The Hall–Kier alpha value is -1.12. The van der Waals surface area contributed by atoms with Gasteiger partial charge in [-0.3, -0.25) is 0 Å². The van der Waals surface area contributed by atoms with Crippen LogP contribution in [0.1, 0.15) is 50.2 Å². The predicted octanol–water partition coefficient (Wildman–Crippen LogP) is 4.02. The SMILES string of the molecule is COC(c1ccccc1)C(O)/C1=C/CCCCCC1. The molecule has 1 N–H and O–H groups in total.